The van der Waals surface area contributed by atoms with Gasteiger partial charge >= 0.3 is 0 Å². The molecule has 126 valence electrons. The highest BCUT2D eigenvalue weighted by Crippen LogP contribution is 2.34. The van der Waals surface area contributed by atoms with Gasteiger partial charge in [0.25, 0.3) is 5.91 Å². The van der Waals surface area contributed by atoms with Crippen molar-refractivity contribution in [1.82, 2.24) is 5.43 Å². The van der Waals surface area contributed by atoms with Gasteiger partial charge in [-0.2, -0.15) is 5.10 Å². The number of fused-ring (bicyclic) bond motifs is 1. The monoisotopic (exact) mass is 460 g/mol. The van der Waals surface area contributed by atoms with E-state index in [0.717, 1.165) is 25.3 Å². The van der Waals surface area contributed by atoms with Crippen LogP contribution in [0.15, 0.2) is 74.7 Å². The van der Waals surface area contributed by atoms with Gasteiger partial charge in [-0.15, -0.1) is 0 Å². The van der Waals surface area contributed by atoms with Crippen LogP contribution in [0.1, 0.15) is 5.56 Å². The number of halogens is 2. The third-order valence-electron chi connectivity index (χ3n) is 3.44. The molecule has 0 unspecified atom stereocenters. The average molecular weight is 462 g/mol. The fourth-order valence-electron chi connectivity index (χ4n) is 2.25. The van der Waals surface area contributed by atoms with Crippen molar-refractivity contribution in [2.24, 2.45) is 5.10 Å². The molecule has 25 heavy (non-hydrogen) atoms. The van der Waals surface area contributed by atoms with E-state index in [1.54, 1.807) is 6.21 Å². The smallest absolute Gasteiger partial charge is 0.277 e. The first-order valence-electron chi connectivity index (χ1n) is 7.51. The maximum atomic E-state index is 11.9. The molecule has 0 aliphatic carbocycles. The summed E-state index contributed by atoms with van der Waals surface area (Å²) in [6, 6.07) is 19.3. The Bertz CT molecular complexity index is 927. The van der Waals surface area contributed by atoms with E-state index in [-0.39, 0.29) is 12.5 Å². The van der Waals surface area contributed by atoms with E-state index >= 15 is 0 Å². The van der Waals surface area contributed by atoms with Crippen molar-refractivity contribution in [1.29, 1.82) is 0 Å². The number of carbonyl (C=O) groups is 1. The van der Waals surface area contributed by atoms with Gasteiger partial charge in [-0.3, -0.25) is 4.79 Å². The molecule has 3 aromatic carbocycles. The Balaban J connectivity index is 1.60. The number of rotatable bonds is 5. The first kappa shape index (κ1) is 17.6. The zero-order valence-electron chi connectivity index (χ0n) is 13.1. The largest absolute Gasteiger partial charge is 0.483 e. The Morgan fingerprint density at radius 3 is 2.68 bits per heavy atom. The summed E-state index contributed by atoms with van der Waals surface area (Å²) >= 11 is 6.99. The summed E-state index contributed by atoms with van der Waals surface area (Å²) in [4.78, 5) is 11.9. The standard InChI is InChI=1S/C19H14Br2N2O2/c20-15-7-8-16-14(10-15)6-9-17(19(16)21)25-12-18(24)23-22-11-13-4-2-1-3-5-13/h1-11H,12H2,(H,23,24)/b22-11+. The Morgan fingerprint density at radius 2 is 1.88 bits per heavy atom. The van der Waals surface area contributed by atoms with E-state index in [4.69, 9.17) is 4.74 Å². The van der Waals surface area contributed by atoms with E-state index < -0.39 is 0 Å². The zero-order chi connectivity index (χ0) is 17.6. The molecule has 0 saturated carbocycles. The molecular formula is C19H14Br2N2O2. The van der Waals surface area contributed by atoms with Gasteiger partial charge < -0.3 is 4.74 Å². The van der Waals surface area contributed by atoms with Gasteiger partial charge in [0.05, 0.1) is 10.7 Å². The van der Waals surface area contributed by atoms with E-state index in [1.807, 2.05) is 60.7 Å². The summed E-state index contributed by atoms with van der Waals surface area (Å²) in [7, 11) is 0. The quantitative estimate of drug-likeness (QED) is 0.434. The molecule has 0 radical (unpaired) electrons. The number of amides is 1. The molecule has 6 heteroatoms. The third kappa shape index (κ3) is 4.67. The molecule has 0 bridgehead atoms. The Labute approximate surface area is 162 Å². The van der Waals surface area contributed by atoms with Gasteiger partial charge in [0.15, 0.2) is 6.61 Å². The molecule has 1 N–H and O–H groups in total. The summed E-state index contributed by atoms with van der Waals surface area (Å²) in [5.74, 6) is 0.284. The summed E-state index contributed by atoms with van der Waals surface area (Å²) in [5, 5.41) is 6.01. The van der Waals surface area contributed by atoms with Crippen LogP contribution in [0.25, 0.3) is 10.8 Å². The average Bonchev–Trinajstić information content (AvgIpc) is 2.62. The topological polar surface area (TPSA) is 50.7 Å². The van der Waals surface area contributed by atoms with E-state index in [2.05, 4.69) is 42.4 Å². The fraction of sp³-hybridized carbons (Fsp3) is 0.0526. The van der Waals surface area contributed by atoms with Crippen LogP contribution in [0.2, 0.25) is 0 Å². The van der Waals surface area contributed by atoms with Crippen LogP contribution in [0.5, 0.6) is 5.75 Å². The van der Waals surface area contributed by atoms with Crippen LogP contribution in [0, 0.1) is 0 Å². The number of hydrazone groups is 1. The Kier molecular flexibility index (Phi) is 5.83. The number of carbonyl (C=O) groups excluding carboxylic acids is 1. The van der Waals surface area contributed by atoms with Crippen molar-refractivity contribution in [3.05, 3.63) is 75.2 Å². The van der Waals surface area contributed by atoms with Crippen molar-refractivity contribution in [3.8, 4) is 5.75 Å². The maximum absolute atomic E-state index is 11.9. The predicted octanol–water partition coefficient (Wildman–Crippen LogP) is 4.89. The van der Waals surface area contributed by atoms with Crippen LogP contribution >= 0.6 is 31.9 Å². The molecule has 1 amide bonds. The lowest BCUT2D eigenvalue weighted by Crippen LogP contribution is -2.24. The van der Waals surface area contributed by atoms with Crippen LogP contribution in [-0.2, 0) is 4.79 Å². The van der Waals surface area contributed by atoms with Crippen LogP contribution < -0.4 is 10.2 Å². The first-order chi connectivity index (χ1) is 12.1. The molecule has 0 fully saturated rings. The minimum absolute atomic E-state index is 0.118. The molecule has 4 nitrogen and oxygen atoms in total. The van der Waals surface area contributed by atoms with Gasteiger partial charge in [-0.1, -0.05) is 58.4 Å². The molecule has 0 aliphatic rings. The third-order valence-corrected chi connectivity index (χ3v) is 4.75. The van der Waals surface area contributed by atoms with Gasteiger partial charge in [0, 0.05) is 4.47 Å². The highest BCUT2D eigenvalue weighted by molar-refractivity contribution is 9.11. The summed E-state index contributed by atoms with van der Waals surface area (Å²) < 4.78 is 7.42. The van der Waals surface area contributed by atoms with Gasteiger partial charge in [-0.05, 0) is 50.5 Å². The Hall–Kier alpha value is -2.18. The highest BCUT2D eigenvalue weighted by atomic mass is 79.9. The number of nitrogens with one attached hydrogen (secondary N) is 1. The second kappa shape index (κ2) is 8.27. The van der Waals surface area contributed by atoms with Crippen molar-refractivity contribution in [3.63, 3.8) is 0 Å². The molecular weight excluding hydrogens is 448 g/mol. The van der Waals surface area contributed by atoms with Crippen molar-refractivity contribution < 1.29 is 9.53 Å². The molecule has 0 aromatic heterocycles. The van der Waals surface area contributed by atoms with Gasteiger partial charge in [-0.25, -0.2) is 5.43 Å². The van der Waals surface area contributed by atoms with Gasteiger partial charge in [0.1, 0.15) is 5.75 Å². The lowest BCUT2D eigenvalue weighted by molar-refractivity contribution is -0.123. The molecule has 0 heterocycles. The summed E-state index contributed by atoms with van der Waals surface area (Å²) in [6.07, 6.45) is 1.59. The van der Waals surface area contributed by atoms with Crippen molar-refractivity contribution >= 4 is 54.8 Å². The second-order valence-electron chi connectivity index (χ2n) is 5.24. The predicted molar refractivity (Wildman–Crippen MR) is 107 cm³/mol. The lowest BCUT2D eigenvalue weighted by atomic mass is 10.1. The van der Waals surface area contributed by atoms with E-state index in [1.165, 1.54) is 0 Å². The molecule has 0 spiro atoms. The summed E-state index contributed by atoms with van der Waals surface area (Å²) in [6.45, 7) is -0.118. The first-order valence-corrected chi connectivity index (χ1v) is 9.09. The van der Waals surface area contributed by atoms with Crippen LogP contribution in [-0.4, -0.2) is 18.7 Å². The number of benzene rings is 3. The number of hydrogen-bond acceptors (Lipinski definition) is 3. The van der Waals surface area contributed by atoms with Crippen molar-refractivity contribution in [2.45, 2.75) is 0 Å². The van der Waals surface area contributed by atoms with Crippen LogP contribution in [0.3, 0.4) is 0 Å². The minimum Gasteiger partial charge on any atom is -0.483 e. The molecule has 3 aromatic rings. The molecule has 3 rings (SSSR count). The molecule has 0 aliphatic heterocycles. The van der Waals surface area contributed by atoms with Crippen molar-refractivity contribution in [2.75, 3.05) is 6.61 Å². The number of hydrogen-bond donors (Lipinski definition) is 1. The fourth-order valence-corrected chi connectivity index (χ4v) is 3.23. The number of ether oxygens (including phenoxy) is 1. The summed E-state index contributed by atoms with van der Waals surface area (Å²) in [5.41, 5.74) is 3.36. The normalized spacial score (nSPS) is 11.0. The van der Waals surface area contributed by atoms with E-state index in [9.17, 15) is 4.79 Å². The van der Waals surface area contributed by atoms with Crippen LogP contribution in [0.4, 0.5) is 0 Å². The Morgan fingerprint density at radius 1 is 1.08 bits per heavy atom. The SMILES string of the molecule is O=C(COc1ccc2cc(Br)ccc2c1Br)N/N=C/c1ccccc1. The maximum Gasteiger partial charge on any atom is 0.277 e. The minimum atomic E-state index is -0.324. The zero-order valence-corrected chi connectivity index (χ0v) is 16.2. The van der Waals surface area contributed by atoms with Gasteiger partial charge in [0.2, 0.25) is 0 Å². The lowest BCUT2D eigenvalue weighted by Gasteiger charge is -2.10. The molecule has 0 saturated heterocycles. The second-order valence-corrected chi connectivity index (χ2v) is 6.94. The number of nitrogens with zero attached hydrogens (tertiary/aromatic N) is 1. The molecule has 0 atom stereocenters. The highest BCUT2D eigenvalue weighted by Gasteiger charge is 2.08. The van der Waals surface area contributed by atoms with E-state index in [0.29, 0.717) is 5.75 Å².